The highest BCUT2D eigenvalue weighted by atomic mass is 32.2. The molecule has 0 saturated heterocycles. The largest absolute Gasteiger partial charge is 0.323 e. The number of hydrogen-bond donors (Lipinski definition) is 1. The quantitative estimate of drug-likeness (QED) is 0.755. The van der Waals surface area contributed by atoms with Gasteiger partial charge in [-0.15, -0.1) is 11.8 Å². The van der Waals surface area contributed by atoms with Crippen LogP contribution in [0.25, 0.3) is 0 Å². The van der Waals surface area contributed by atoms with Crippen LogP contribution in [0.2, 0.25) is 0 Å². The van der Waals surface area contributed by atoms with Crippen molar-refractivity contribution in [1.82, 2.24) is 4.98 Å². The molecule has 2 nitrogen and oxygen atoms in total. The lowest BCUT2D eigenvalue weighted by atomic mass is 10.2. The molecule has 0 fully saturated rings. The molecule has 0 saturated carbocycles. The van der Waals surface area contributed by atoms with Gasteiger partial charge in [0.25, 0.3) is 0 Å². The molecule has 2 N–H and O–H groups in total. The summed E-state index contributed by atoms with van der Waals surface area (Å²) in [6.07, 6.45) is 1.89. The fraction of sp³-hybridized carbons (Fsp3) is 0.500. The van der Waals surface area contributed by atoms with Gasteiger partial charge in [0, 0.05) is 22.4 Å². The van der Waals surface area contributed by atoms with Crippen molar-refractivity contribution in [3.05, 3.63) is 24.0 Å². The Labute approximate surface area is 83.9 Å². The maximum absolute atomic E-state index is 5.70. The minimum absolute atomic E-state index is 0.0260. The number of nitrogens with two attached hydrogens (primary N) is 1. The third kappa shape index (κ3) is 3.36. The van der Waals surface area contributed by atoms with Gasteiger partial charge in [-0.2, -0.15) is 0 Å². The molecule has 0 bridgehead atoms. The van der Waals surface area contributed by atoms with E-state index >= 15 is 0 Å². The fourth-order valence-electron chi connectivity index (χ4n) is 1.00. The summed E-state index contributed by atoms with van der Waals surface area (Å²) >= 11 is 1.82. The maximum atomic E-state index is 5.70. The summed E-state index contributed by atoms with van der Waals surface area (Å²) < 4.78 is 0. The summed E-state index contributed by atoms with van der Waals surface area (Å²) in [5.74, 6) is 0. The second-order valence-corrected chi connectivity index (χ2v) is 5.02. The molecule has 72 valence electrons. The van der Waals surface area contributed by atoms with E-state index in [4.69, 9.17) is 5.73 Å². The Kier molecular flexibility index (Phi) is 3.75. The monoisotopic (exact) mass is 196 g/mol. The average molecular weight is 196 g/mol. The highest BCUT2D eigenvalue weighted by molar-refractivity contribution is 7.99. The molecular weight excluding hydrogens is 180 g/mol. The second-order valence-electron chi connectivity index (χ2n) is 3.37. The third-order valence-electron chi connectivity index (χ3n) is 1.60. The van der Waals surface area contributed by atoms with Crippen LogP contribution in [0.3, 0.4) is 0 Å². The summed E-state index contributed by atoms with van der Waals surface area (Å²) in [7, 11) is 0. The zero-order valence-electron chi connectivity index (χ0n) is 8.32. The van der Waals surface area contributed by atoms with Gasteiger partial charge in [0.2, 0.25) is 0 Å². The molecule has 1 heterocycles. The Morgan fingerprint density at radius 3 is 2.38 bits per heavy atom. The van der Waals surface area contributed by atoms with Gasteiger partial charge in [-0.1, -0.05) is 13.8 Å². The van der Waals surface area contributed by atoms with Gasteiger partial charge in [-0.05, 0) is 19.1 Å². The van der Waals surface area contributed by atoms with Crippen molar-refractivity contribution in [3.63, 3.8) is 0 Å². The van der Waals surface area contributed by atoms with E-state index in [0.29, 0.717) is 5.25 Å². The second kappa shape index (κ2) is 4.63. The van der Waals surface area contributed by atoms with Crippen molar-refractivity contribution in [2.45, 2.75) is 37.0 Å². The molecule has 1 rings (SSSR count). The van der Waals surface area contributed by atoms with Gasteiger partial charge in [0.05, 0.1) is 5.69 Å². The number of pyridine rings is 1. The van der Waals surface area contributed by atoms with E-state index in [1.165, 1.54) is 4.90 Å². The molecule has 1 aromatic rings. The Hall–Kier alpha value is -0.540. The summed E-state index contributed by atoms with van der Waals surface area (Å²) in [4.78, 5) is 5.49. The van der Waals surface area contributed by atoms with Crippen LogP contribution in [-0.4, -0.2) is 10.2 Å². The van der Waals surface area contributed by atoms with Crippen molar-refractivity contribution in [1.29, 1.82) is 0 Å². The highest BCUT2D eigenvalue weighted by Crippen LogP contribution is 2.22. The van der Waals surface area contributed by atoms with Gasteiger partial charge in [-0.3, -0.25) is 4.98 Å². The zero-order valence-corrected chi connectivity index (χ0v) is 9.14. The molecule has 0 aliphatic rings. The maximum Gasteiger partial charge on any atom is 0.0569 e. The van der Waals surface area contributed by atoms with Crippen molar-refractivity contribution >= 4 is 11.8 Å². The van der Waals surface area contributed by atoms with E-state index in [1.54, 1.807) is 0 Å². The lowest BCUT2D eigenvalue weighted by Crippen LogP contribution is -2.06. The molecular formula is C10H16N2S. The Balaban J connectivity index is 2.70. The smallest absolute Gasteiger partial charge is 0.0569 e. The number of rotatable bonds is 3. The van der Waals surface area contributed by atoms with Crippen molar-refractivity contribution in [3.8, 4) is 0 Å². The van der Waals surface area contributed by atoms with Crippen molar-refractivity contribution in [2.75, 3.05) is 0 Å². The first-order valence-electron chi connectivity index (χ1n) is 4.48. The molecule has 1 aromatic heterocycles. The number of hydrogen-bond acceptors (Lipinski definition) is 3. The first-order valence-corrected chi connectivity index (χ1v) is 5.35. The van der Waals surface area contributed by atoms with E-state index in [9.17, 15) is 0 Å². The number of thioether (sulfide) groups is 1. The van der Waals surface area contributed by atoms with Crippen LogP contribution in [0.5, 0.6) is 0 Å². The van der Waals surface area contributed by atoms with Crippen LogP contribution in [0, 0.1) is 0 Å². The molecule has 13 heavy (non-hydrogen) atoms. The van der Waals surface area contributed by atoms with Crippen LogP contribution in [0.4, 0.5) is 0 Å². The fourth-order valence-corrected chi connectivity index (χ4v) is 1.81. The van der Waals surface area contributed by atoms with Gasteiger partial charge < -0.3 is 5.73 Å². The Morgan fingerprint density at radius 2 is 2.00 bits per heavy atom. The molecule has 0 radical (unpaired) electrons. The predicted octanol–water partition coefficient (Wildman–Crippen LogP) is 2.60. The van der Waals surface area contributed by atoms with Crippen LogP contribution < -0.4 is 5.73 Å². The normalized spacial score (nSPS) is 13.3. The molecule has 1 unspecified atom stereocenters. The van der Waals surface area contributed by atoms with Crippen LogP contribution in [0.1, 0.15) is 32.5 Å². The van der Waals surface area contributed by atoms with Gasteiger partial charge in [0.1, 0.15) is 0 Å². The van der Waals surface area contributed by atoms with Crippen LogP contribution in [0.15, 0.2) is 23.2 Å². The summed E-state index contributed by atoms with van der Waals surface area (Å²) in [6.45, 7) is 6.28. The zero-order chi connectivity index (χ0) is 9.84. The minimum Gasteiger partial charge on any atom is -0.323 e. The predicted molar refractivity (Wildman–Crippen MR) is 57.8 cm³/mol. The van der Waals surface area contributed by atoms with Gasteiger partial charge >= 0.3 is 0 Å². The minimum atomic E-state index is 0.0260. The Morgan fingerprint density at radius 1 is 1.31 bits per heavy atom. The van der Waals surface area contributed by atoms with E-state index in [0.717, 1.165) is 5.69 Å². The van der Waals surface area contributed by atoms with E-state index < -0.39 is 0 Å². The average Bonchev–Trinajstić information content (AvgIpc) is 2.04. The lowest BCUT2D eigenvalue weighted by Gasteiger charge is -2.07. The summed E-state index contributed by atoms with van der Waals surface area (Å²) in [5, 5.41) is 0.600. The molecule has 0 aromatic carbocycles. The molecule has 0 aliphatic carbocycles. The third-order valence-corrected chi connectivity index (χ3v) is 2.58. The number of aromatic nitrogens is 1. The molecule has 3 heteroatoms. The van der Waals surface area contributed by atoms with E-state index in [2.05, 4.69) is 24.9 Å². The molecule has 1 atom stereocenters. The number of nitrogens with zero attached hydrogens (tertiary/aromatic N) is 1. The van der Waals surface area contributed by atoms with Crippen LogP contribution in [-0.2, 0) is 0 Å². The lowest BCUT2D eigenvalue weighted by molar-refractivity contribution is 0.777. The van der Waals surface area contributed by atoms with Crippen molar-refractivity contribution in [2.24, 2.45) is 5.73 Å². The van der Waals surface area contributed by atoms with E-state index in [1.807, 2.05) is 30.9 Å². The van der Waals surface area contributed by atoms with Crippen molar-refractivity contribution < 1.29 is 0 Å². The van der Waals surface area contributed by atoms with Gasteiger partial charge in [-0.25, -0.2) is 0 Å². The summed E-state index contributed by atoms with van der Waals surface area (Å²) in [6, 6.07) is 4.10. The van der Waals surface area contributed by atoms with E-state index in [-0.39, 0.29) is 6.04 Å². The standard InChI is InChI=1S/C10H16N2S/c1-7(2)13-9-4-5-10(8(3)11)12-6-9/h4-8H,11H2,1-3H3. The van der Waals surface area contributed by atoms with Crippen LogP contribution >= 0.6 is 11.8 Å². The summed E-state index contributed by atoms with van der Waals surface area (Å²) in [5.41, 5.74) is 6.65. The topological polar surface area (TPSA) is 38.9 Å². The SMILES string of the molecule is CC(C)Sc1ccc(C(C)N)nc1. The molecule has 0 spiro atoms. The highest BCUT2D eigenvalue weighted by Gasteiger charge is 2.02. The van der Waals surface area contributed by atoms with Gasteiger partial charge in [0.15, 0.2) is 0 Å². The first-order chi connectivity index (χ1) is 6.09. The molecule has 0 aliphatic heterocycles. The molecule has 0 amide bonds. The Bertz CT molecular complexity index is 254. The first kappa shape index (κ1) is 10.5.